The van der Waals surface area contributed by atoms with E-state index in [1.165, 1.54) is 0 Å². The highest BCUT2D eigenvalue weighted by molar-refractivity contribution is 7.89. The van der Waals surface area contributed by atoms with Crippen LogP contribution in [0, 0.1) is 17.3 Å². The van der Waals surface area contributed by atoms with Crippen LogP contribution in [0.2, 0.25) is 0 Å². The van der Waals surface area contributed by atoms with Crippen LogP contribution in [0.4, 0.5) is 0 Å². The van der Waals surface area contributed by atoms with E-state index in [0.29, 0.717) is 18.3 Å². The van der Waals surface area contributed by atoms with E-state index >= 15 is 0 Å². The van der Waals surface area contributed by atoms with Gasteiger partial charge in [-0.05, 0) is 36.8 Å². The van der Waals surface area contributed by atoms with Gasteiger partial charge in [0.05, 0.1) is 5.75 Å². The zero-order valence-corrected chi connectivity index (χ0v) is 11.1. The molecule has 0 amide bonds. The van der Waals surface area contributed by atoms with Gasteiger partial charge < -0.3 is 5.32 Å². The molecule has 0 spiro atoms. The van der Waals surface area contributed by atoms with Crippen LogP contribution in [0.3, 0.4) is 0 Å². The molecule has 0 bridgehead atoms. The molecule has 1 saturated carbocycles. The lowest BCUT2D eigenvalue weighted by molar-refractivity contribution is 0.396. The summed E-state index contributed by atoms with van der Waals surface area (Å²) < 4.78 is 26.5. The van der Waals surface area contributed by atoms with E-state index < -0.39 is 10.0 Å². The van der Waals surface area contributed by atoms with Crippen LogP contribution >= 0.6 is 0 Å². The third kappa shape index (κ3) is 2.96. The molecule has 0 radical (unpaired) electrons. The van der Waals surface area contributed by atoms with Crippen LogP contribution in [-0.4, -0.2) is 33.3 Å². The Balaban J connectivity index is 1.80. The standard InChI is InChI=1S/C11H22N2O2S/c1-11(2,3)4-5-16(14,15)13-10-8-6-12-7-9(8)10/h8-10,12-13H,4-7H2,1-3H3. The number of rotatable bonds is 4. The largest absolute Gasteiger partial charge is 0.316 e. The van der Waals surface area contributed by atoms with E-state index in [0.717, 1.165) is 13.1 Å². The summed E-state index contributed by atoms with van der Waals surface area (Å²) in [6, 6.07) is 0.214. The summed E-state index contributed by atoms with van der Waals surface area (Å²) >= 11 is 0. The minimum absolute atomic E-state index is 0.0791. The maximum absolute atomic E-state index is 11.8. The Kier molecular flexibility index (Phi) is 3.05. The van der Waals surface area contributed by atoms with Crippen LogP contribution < -0.4 is 10.0 Å². The summed E-state index contributed by atoms with van der Waals surface area (Å²) in [5.41, 5.74) is 0.0791. The zero-order valence-electron chi connectivity index (χ0n) is 10.3. The van der Waals surface area contributed by atoms with Gasteiger partial charge in [0.2, 0.25) is 10.0 Å². The number of hydrogen-bond acceptors (Lipinski definition) is 3. The third-order valence-corrected chi connectivity index (χ3v) is 4.90. The van der Waals surface area contributed by atoms with Gasteiger partial charge in [-0.3, -0.25) is 0 Å². The second-order valence-electron chi connectivity index (χ2n) is 6.26. The zero-order chi connectivity index (χ0) is 12.0. The highest BCUT2D eigenvalue weighted by atomic mass is 32.2. The summed E-state index contributed by atoms with van der Waals surface area (Å²) in [5.74, 6) is 1.34. The molecule has 1 aliphatic heterocycles. The maximum Gasteiger partial charge on any atom is 0.211 e. The molecule has 4 nitrogen and oxygen atoms in total. The number of fused-ring (bicyclic) bond motifs is 1. The van der Waals surface area contributed by atoms with Gasteiger partial charge in [-0.15, -0.1) is 0 Å². The summed E-state index contributed by atoms with van der Waals surface area (Å²) in [5, 5.41) is 3.26. The van der Waals surface area contributed by atoms with Crippen molar-refractivity contribution in [2.75, 3.05) is 18.8 Å². The normalized spacial score (nSPS) is 33.8. The van der Waals surface area contributed by atoms with Crippen LogP contribution in [0.15, 0.2) is 0 Å². The molecule has 94 valence electrons. The Labute approximate surface area is 98.2 Å². The lowest BCUT2D eigenvalue weighted by atomic mass is 9.94. The Hall–Kier alpha value is -0.130. The molecule has 1 aliphatic carbocycles. The predicted molar refractivity (Wildman–Crippen MR) is 64.6 cm³/mol. The van der Waals surface area contributed by atoms with Crippen molar-refractivity contribution in [1.82, 2.24) is 10.0 Å². The average Bonchev–Trinajstić information content (AvgIpc) is 2.62. The first-order chi connectivity index (χ1) is 7.29. The quantitative estimate of drug-likeness (QED) is 0.762. The molecule has 0 aromatic heterocycles. The molecule has 16 heavy (non-hydrogen) atoms. The fraction of sp³-hybridized carbons (Fsp3) is 1.00. The lowest BCUT2D eigenvalue weighted by Gasteiger charge is -2.18. The molecule has 0 aromatic carbocycles. The predicted octanol–water partition coefficient (Wildman–Crippen LogP) is 0.560. The second-order valence-corrected chi connectivity index (χ2v) is 8.13. The number of sulfonamides is 1. The molecule has 1 saturated heterocycles. The van der Waals surface area contributed by atoms with Crippen LogP contribution in [0.5, 0.6) is 0 Å². The van der Waals surface area contributed by atoms with Crippen LogP contribution in [0.25, 0.3) is 0 Å². The summed E-state index contributed by atoms with van der Waals surface area (Å²) in [6.45, 7) is 8.14. The molecule has 1 heterocycles. The fourth-order valence-corrected chi connectivity index (χ4v) is 4.06. The van der Waals surface area contributed by atoms with Gasteiger partial charge in [0.15, 0.2) is 0 Å². The van der Waals surface area contributed by atoms with Crippen molar-refractivity contribution in [3.8, 4) is 0 Å². The highest BCUT2D eigenvalue weighted by Gasteiger charge is 2.54. The topological polar surface area (TPSA) is 58.2 Å². The third-order valence-electron chi connectivity index (χ3n) is 3.53. The molecule has 2 N–H and O–H groups in total. The van der Waals surface area contributed by atoms with Gasteiger partial charge >= 0.3 is 0 Å². The molecular formula is C11H22N2O2S. The molecule has 2 unspecified atom stereocenters. The highest BCUT2D eigenvalue weighted by Crippen LogP contribution is 2.42. The van der Waals surface area contributed by atoms with Crippen molar-refractivity contribution in [1.29, 1.82) is 0 Å². The van der Waals surface area contributed by atoms with E-state index in [1.807, 2.05) is 0 Å². The summed E-state index contributed by atoms with van der Waals surface area (Å²) in [7, 11) is -3.07. The van der Waals surface area contributed by atoms with E-state index in [9.17, 15) is 8.42 Å². The molecule has 2 fully saturated rings. The van der Waals surface area contributed by atoms with E-state index in [4.69, 9.17) is 0 Å². The molecular weight excluding hydrogens is 224 g/mol. The number of nitrogens with one attached hydrogen (secondary N) is 2. The van der Waals surface area contributed by atoms with Gasteiger partial charge in [-0.25, -0.2) is 13.1 Å². The van der Waals surface area contributed by atoms with Crippen molar-refractivity contribution < 1.29 is 8.42 Å². The molecule has 5 heteroatoms. The molecule has 2 aliphatic rings. The smallest absolute Gasteiger partial charge is 0.211 e. The van der Waals surface area contributed by atoms with Gasteiger partial charge in [0.25, 0.3) is 0 Å². The number of hydrogen-bond donors (Lipinski definition) is 2. The summed E-state index contributed by atoms with van der Waals surface area (Å²) in [4.78, 5) is 0. The lowest BCUT2D eigenvalue weighted by Crippen LogP contribution is -2.34. The first kappa shape index (κ1) is 12.3. The van der Waals surface area contributed by atoms with Crippen LogP contribution in [0.1, 0.15) is 27.2 Å². The van der Waals surface area contributed by atoms with Crippen LogP contribution in [-0.2, 0) is 10.0 Å². The fourth-order valence-electron chi connectivity index (χ4n) is 2.30. The van der Waals surface area contributed by atoms with Gasteiger partial charge in [0.1, 0.15) is 0 Å². The first-order valence-corrected chi connectivity index (χ1v) is 7.64. The first-order valence-electron chi connectivity index (χ1n) is 5.99. The second kappa shape index (κ2) is 3.96. The minimum atomic E-state index is -3.07. The minimum Gasteiger partial charge on any atom is -0.316 e. The van der Waals surface area contributed by atoms with Crippen molar-refractivity contribution >= 4 is 10.0 Å². The SMILES string of the molecule is CC(C)(C)CCS(=O)(=O)NC1C2CNCC21. The average molecular weight is 246 g/mol. The summed E-state index contributed by atoms with van der Waals surface area (Å²) in [6.07, 6.45) is 0.711. The van der Waals surface area contributed by atoms with Crippen molar-refractivity contribution in [3.63, 3.8) is 0 Å². The van der Waals surface area contributed by atoms with E-state index in [-0.39, 0.29) is 17.2 Å². The van der Waals surface area contributed by atoms with Crippen molar-refractivity contribution in [2.24, 2.45) is 17.3 Å². The van der Waals surface area contributed by atoms with E-state index in [2.05, 4.69) is 30.8 Å². The van der Waals surface area contributed by atoms with Gasteiger partial charge in [-0.1, -0.05) is 20.8 Å². The Morgan fingerprint density at radius 3 is 2.31 bits per heavy atom. The maximum atomic E-state index is 11.8. The van der Waals surface area contributed by atoms with Crippen molar-refractivity contribution in [3.05, 3.63) is 0 Å². The van der Waals surface area contributed by atoms with Gasteiger partial charge in [0, 0.05) is 6.04 Å². The number of piperidine rings is 1. The Morgan fingerprint density at radius 2 is 1.81 bits per heavy atom. The van der Waals surface area contributed by atoms with Gasteiger partial charge in [-0.2, -0.15) is 0 Å². The monoisotopic (exact) mass is 246 g/mol. The Bertz CT molecular complexity index is 349. The molecule has 0 aromatic rings. The Morgan fingerprint density at radius 1 is 1.25 bits per heavy atom. The van der Waals surface area contributed by atoms with Crippen molar-refractivity contribution in [2.45, 2.75) is 33.2 Å². The molecule has 2 atom stereocenters. The van der Waals surface area contributed by atoms with E-state index in [1.54, 1.807) is 0 Å². The molecule has 2 rings (SSSR count).